The highest BCUT2D eigenvalue weighted by atomic mass is 35.5. The van der Waals surface area contributed by atoms with E-state index < -0.39 is 0 Å². The summed E-state index contributed by atoms with van der Waals surface area (Å²) < 4.78 is 15.9. The highest BCUT2D eigenvalue weighted by Crippen LogP contribution is 2.36. The van der Waals surface area contributed by atoms with Crippen molar-refractivity contribution < 1.29 is 14.2 Å². The lowest BCUT2D eigenvalue weighted by atomic mass is 10.2. The number of hydrogen-bond donors (Lipinski definition) is 1. The maximum Gasteiger partial charge on any atom is 0.179 e. The van der Waals surface area contributed by atoms with E-state index in [-0.39, 0.29) is 0 Å². The number of rotatable bonds is 8. The molecule has 0 saturated carbocycles. The van der Waals surface area contributed by atoms with E-state index in [0.29, 0.717) is 35.8 Å². The summed E-state index contributed by atoms with van der Waals surface area (Å²) in [7, 11) is 3.23. The average molecular weight is 288 g/mol. The van der Waals surface area contributed by atoms with Gasteiger partial charge in [0.05, 0.1) is 18.7 Å². The van der Waals surface area contributed by atoms with Crippen LogP contribution in [0.15, 0.2) is 12.1 Å². The van der Waals surface area contributed by atoms with Gasteiger partial charge in [0.2, 0.25) is 0 Å². The van der Waals surface area contributed by atoms with E-state index in [1.54, 1.807) is 14.2 Å². The monoisotopic (exact) mass is 287 g/mol. The van der Waals surface area contributed by atoms with Gasteiger partial charge in [-0.3, -0.25) is 0 Å². The van der Waals surface area contributed by atoms with Gasteiger partial charge in [-0.25, -0.2) is 0 Å². The predicted molar refractivity (Wildman–Crippen MR) is 77.4 cm³/mol. The first-order chi connectivity index (χ1) is 9.08. The third kappa shape index (κ3) is 5.27. The summed E-state index contributed by atoms with van der Waals surface area (Å²) in [6, 6.07) is 4.24. The van der Waals surface area contributed by atoms with Crippen LogP contribution in [0.5, 0.6) is 11.5 Å². The van der Waals surface area contributed by atoms with E-state index in [0.717, 1.165) is 12.1 Å². The SMILES string of the molecule is COCCOc1c(Cl)cc(CNC(C)C)cc1OC. The summed E-state index contributed by atoms with van der Waals surface area (Å²) in [5.74, 6) is 1.21. The van der Waals surface area contributed by atoms with Crippen LogP contribution in [-0.2, 0) is 11.3 Å². The zero-order valence-electron chi connectivity index (χ0n) is 12.0. The van der Waals surface area contributed by atoms with Crippen molar-refractivity contribution in [1.29, 1.82) is 0 Å². The largest absolute Gasteiger partial charge is 0.493 e. The Hall–Kier alpha value is -0.970. The van der Waals surface area contributed by atoms with Gasteiger partial charge in [0.25, 0.3) is 0 Å². The summed E-state index contributed by atoms with van der Waals surface area (Å²) in [5, 5.41) is 3.89. The lowest BCUT2D eigenvalue weighted by molar-refractivity contribution is 0.144. The van der Waals surface area contributed by atoms with Crippen molar-refractivity contribution in [3.63, 3.8) is 0 Å². The van der Waals surface area contributed by atoms with Gasteiger partial charge in [-0.05, 0) is 17.7 Å². The minimum absolute atomic E-state index is 0.419. The van der Waals surface area contributed by atoms with Crippen molar-refractivity contribution in [2.45, 2.75) is 26.4 Å². The summed E-state index contributed by atoms with van der Waals surface area (Å²) in [6.45, 7) is 5.89. The molecule has 0 fully saturated rings. The Labute approximate surface area is 120 Å². The average Bonchev–Trinajstić information content (AvgIpc) is 2.38. The van der Waals surface area contributed by atoms with Crippen molar-refractivity contribution >= 4 is 11.6 Å². The molecule has 1 aromatic rings. The summed E-state index contributed by atoms with van der Waals surface area (Å²) in [6.07, 6.45) is 0. The second kappa shape index (κ2) is 8.25. The van der Waals surface area contributed by atoms with Gasteiger partial charge < -0.3 is 19.5 Å². The molecule has 0 amide bonds. The van der Waals surface area contributed by atoms with Crippen LogP contribution in [0.4, 0.5) is 0 Å². The smallest absolute Gasteiger partial charge is 0.179 e. The first-order valence-electron chi connectivity index (χ1n) is 6.30. The lowest BCUT2D eigenvalue weighted by Gasteiger charge is -2.15. The summed E-state index contributed by atoms with van der Waals surface area (Å²) in [4.78, 5) is 0. The molecule has 0 aromatic heterocycles. The first-order valence-corrected chi connectivity index (χ1v) is 6.67. The molecular weight excluding hydrogens is 266 g/mol. The number of halogens is 1. The molecule has 0 spiro atoms. The molecule has 0 aliphatic carbocycles. The Balaban J connectivity index is 2.81. The zero-order chi connectivity index (χ0) is 14.3. The maximum absolute atomic E-state index is 6.23. The molecule has 19 heavy (non-hydrogen) atoms. The zero-order valence-corrected chi connectivity index (χ0v) is 12.7. The molecule has 1 aromatic carbocycles. The number of hydrogen-bond acceptors (Lipinski definition) is 4. The molecule has 0 aliphatic heterocycles. The van der Waals surface area contributed by atoms with Crippen molar-refractivity contribution in [3.05, 3.63) is 22.7 Å². The van der Waals surface area contributed by atoms with Crippen molar-refractivity contribution in [2.75, 3.05) is 27.4 Å². The topological polar surface area (TPSA) is 39.7 Å². The van der Waals surface area contributed by atoms with Crippen LogP contribution >= 0.6 is 11.6 Å². The lowest BCUT2D eigenvalue weighted by Crippen LogP contribution is -2.21. The maximum atomic E-state index is 6.23. The fourth-order valence-electron chi connectivity index (χ4n) is 1.56. The first kappa shape index (κ1) is 16.1. The molecule has 0 atom stereocenters. The van der Waals surface area contributed by atoms with Gasteiger partial charge in [-0.1, -0.05) is 25.4 Å². The van der Waals surface area contributed by atoms with Crippen molar-refractivity contribution in [1.82, 2.24) is 5.32 Å². The Morgan fingerprint density at radius 1 is 1.21 bits per heavy atom. The van der Waals surface area contributed by atoms with Crippen LogP contribution < -0.4 is 14.8 Å². The van der Waals surface area contributed by atoms with Gasteiger partial charge in [0.15, 0.2) is 11.5 Å². The number of methoxy groups -OCH3 is 2. The fourth-order valence-corrected chi connectivity index (χ4v) is 1.85. The van der Waals surface area contributed by atoms with Crippen molar-refractivity contribution in [2.24, 2.45) is 0 Å². The number of ether oxygens (including phenoxy) is 3. The summed E-state index contributed by atoms with van der Waals surface area (Å²) >= 11 is 6.23. The van der Waals surface area contributed by atoms with Crippen LogP contribution in [0.25, 0.3) is 0 Å². The normalized spacial score (nSPS) is 10.8. The molecule has 0 radical (unpaired) electrons. The van der Waals surface area contributed by atoms with Crippen LogP contribution in [0.3, 0.4) is 0 Å². The minimum atomic E-state index is 0.419. The fraction of sp³-hybridized carbons (Fsp3) is 0.571. The molecule has 0 unspecified atom stereocenters. The molecule has 0 aliphatic rings. The Kier molecular flexibility index (Phi) is 6.99. The Morgan fingerprint density at radius 3 is 2.53 bits per heavy atom. The van der Waals surface area contributed by atoms with Gasteiger partial charge >= 0.3 is 0 Å². The minimum Gasteiger partial charge on any atom is -0.493 e. The van der Waals surface area contributed by atoms with Gasteiger partial charge in [0, 0.05) is 19.7 Å². The standard InChI is InChI=1S/C14H22ClNO3/c1-10(2)16-9-11-7-12(15)14(13(8-11)18-4)19-6-5-17-3/h7-8,10,16H,5-6,9H2,1-4H3. The van der Waals surface area contributed by atoms with E-state index in [1.807, 2.05) is 12.1 Å². The molecular formula is C14H22ClNO3. The highest BCUT2D eigenvalue weighted by molar-refractivity contribution is 6.32. The second-order valence-corrected chi connectivity index (χ2v) is 4.89. The van der Waals surface area contributed by atoms with Gasteiger partial charge in [-0.15, -0.1) is 0 Å². The molecule has 108 valence electrons. The van der Waals surface area contributed by atoms with E-state index in [4.69, 9.17) is 25.8 Å². The van der Waals surface area contributed by atoms with E-state index >= 15 is 0 Å². The second-order valence-electron chi connectivity index (χ2n) is 4.49. The van der Waals surface area contributed by atoms with Crippen LogP contribution in [-0.4, -0.2) is 33.5 Å². The number of benzene rings is 1. The molecule has 0 bridgehead atoms. The molecule has 5 heteroatoms. The molecule has 1 N–H and O–H groups in total. The van der Waals surface area contributed by atoms with E-state index in [2.05, 4.69) is 19.2 Å². The number of nitrogens with one attached hydrogen (secondary N) is 1. The Morgan fingerprint density at radius 2 is 1.95 bits per heavy atom. The van der Waals surface area contributed by atoms with E-state index in [1.165, 1.54) is 0 Å². The van der Waals surface area contributed by atoms with Crippen LogP contribution in [0.2, 0.25) is 5.02 Å². The molecule has 1 rings (SSSR count). The van der Waals surface area contributed by atoms with Crippen molar-refractivity contribution in [3.8, 4) is 11.5 Å². The Bertz CT molecular complexity index is 397. The molecule has 0 saturated heterocycles. The molecule has 0 heterocycles. The third-order valence-electron chi connectivity index (χ3n) is 2.54. The van der Waals surface area contributed by atoms with E-state index in [9.17, 15) is 0 Å². The highest BCUT2D eigenvalue weighted by Gasteiger charge is 2.12. The van der Waals surface area contributed by atoms with Crippen LogP contribution in [0.1, 0.15) is 19.4 Å². The van der Waals surface area contributed by atoms with Gasteiger partial charge in [-0.2, -0.15) is 0 Å². The van der Waals surface area contributed by atoms with Gasteiger partial charge in [0.1, 0.15) is 6.61 Å². The molecule has 4 nitrogen and oxygen atoms in total. The summed E-state index contributed by atoms with van der Waals surface area (Å²) in [5.41, 5.74) is 1.06. The predicted octanol–water partition coefficient (Wildman–Crippen LogP) is 2.87. The third-order valence-corrected chi connectivity index (χ3v) is 2.82. The quantitative estimate of drug-likeness (QED) is 0.747. The van der Waals surface area contributed by atoms with Crippen LogP contribution in [0, 0.1) is 0 Å².